The highest BCUT2D eigenvalue weighted by molar-refractivity contribution is 7.58. The average Bonchev–Trinajstić information content (AvgIpc) is 3.63. The molecule has 3 aromatic heterocycles. The van der Waals surface area contributed by atoms with Crippen LogP contribution in [0.5, 0.6) is 5.75 Å². The Morgan fingerprint density at radius 1 is 1.04 bits per heavy atom. The maximum atomic E-state index is 13.8. The minimum absolute atomic E-state index is 0.189. The fourth-order valence-electron chi connectivity index (χ4n) is 5.44. The maximum absolute atomic E-state index is 13.8. The van der Waals surface area contributed by atoms with E-state index in [1.807, 2.05) is 0 Å². The van der Waals surface area contributed by atoms with Crippen molar-refractivity contribution in [3.8, 4) is 39.7 Å². The number of rotatable bonds is 9. The Balaban J connectivity index is 1.67. The molecule has 3 N–H and O–H groups in total. The maximum Gasteiger partial charge on any atom is 0.290 e. The fourth-order valence-corrected chi connectivity index (χ4v) is 6.62. The number of oxazole rings is 1. The third kappa shape index (κ3) is 6.23. The number of carbonyl (C=O) groups is 1. The predicted molar refractivity (Wildman–Crippen MR) is 177 cm³/mol. The Bertz CT molecular complexity index is 2150. The molecule has 0 spiro atoms. The molecule has 3 aromatic carbocycles. The quantitative estimate of drug-likeness (QED) is 0.140. The Kier molecular flexibility index (Phi) is 8.13. The number of nitrogens with zero attached hydrogens (tertiary/aromatic N) is 3. The van der Waals surface area contributed by atoms with Crippen LogP contribution in [-0.4, -0.2) is 58.8 Å². The molecule has 1 atom stereocenters. The van der Waals surface area contributed by atoms with Gasteiger partial charge in [-0.05, 0) is 74.0 Å². The van der Waals surface area contributed by atoms with E-state index in [1.54, 1.807) is 48.7 Å². The Morgan fingerprint density at radius 2 is 1.77 bits per heavy atom. The van der Waals surface area contributed by atoms with Crippen LogP contribution in [-0.2, 0) is 4.57 Å². The van der Waals surface area contributed by atoms with E-state index < -0.39 is 24.8 Å². The molecule has 242 valence electrons. The molecule has 0 saturated carbocycles. The largest absolute Gasteiger partial charge is 0.496 e. The summed E-state index contributed by atoms with van der Waals surface area (Å²) in [6.45, 7) is 4.02. The molecule has 1 amide bonds. The summed E-state index contributed by atoms with van der Waals surface area (Å²) in [6, 6.07) is 17.5. The summed E-state index contributed by atoms with van der Waals surface area (Å²) in [5.74, 6) is -0.0236. The van der Waals surface area contributed by atoms with E-state index in [-0.39, 0.29) is 35.0 Å². The first-order chi connectivity index (χ1) is 22.3. The standard InChI is InChI=1S/C34H32FN4O7P/c1-34(2,41)18-39(47(5,42)43)25-17-28-23(29(32(40)36-3)30(45-28)19-8-11-21(35)12-9-19)16-22(25)20-10-13-26(44-4)24(15-20)33-38-31-27(46-33)7-6-14-37-31/h6-17,41H,18H2,1-5H3,(H,36,40)(H,42,43). The molecule has 47 heavy (non-hydrogen) atoms. The van der Waals surface area contributed by atoms with Gasteiger partial charge in [-0.15, -0.1) is 0 Å². The number of halogens is 1. The number of amides is 1. The van der Waals surface area contributed by atoms with Gasteiger partial charge >= 0.3 is 0 Å². The molecule has 6 rings (SSSR count). The lowest BCUT2D eigenvalue weighted by Gasteiger charge is -2.34. The van der Waals surface area contributed by atoms with Gasteiger partial charge in [-0.1, -0.05) is 6.07 Å². The lowest BCUT2D eigenvalue weighted by Crippen LogP contribution is -2.37. The Labute approximate surface area is 269 Å². The van der Waals surface area contributed by atoms with Crippen molar-refractivity contribution in [2.45, 2.75) is 19.4 Å². The second-order valence-electron chi connectivity index (χ2n) is 11.7. The summed E-state index contributed by atoms with van der Waals surface area (Å²) in [6.07, 6.45) is 1.61. The number of ether oxygens (including phenoxy) is 1. The van der Waals surface area contributed by atoms with E-state index in [2.05, 4.69) is 15.3 Å². The zero-order valence-electron chi connectivity index (χ0n) is 26.2. The Morgan fingerprint density at radius 3 is 2.40 bits per heavy atom. The van der Waals surface area contributed by atoms with Crippen molar-refractivity contribution in [1.82, 2.24) is 15.3 Å². The molecule has 0 aliphatic carbocycles. The smallest absolute Gasteiger partial charge is 0.290 e. The number of pyridine rings is 1. The number of hydrogen-bond acceptors (Lipinski definition) is 8. The minimum Gasteiger partial charge on any atom is -0.496 e. The van der Waals surface area contributed by atoms with Gasteiger partial charge in [0.05, 0.1) is 36.1 Å². The third-order valence-electron chi connectivity index (χ3n) is 7.54. The summed E-state index contributed by atoms with van der Waals surface area (Å²) >= 11 is 0. The molecule has 0 bridgehead atoms. The van der Waals surface area contributed by atoms with Gasteiger partial charge in [0.2, 0.25) is 5.89 Å². The predicted octanol–water partition coefficient (Wildman–Crippen LogP) is 6.87. The van der Waals surface area contributed by atoms with E-state index in [0.717, 1.165) is 0 Å². The number of aromatic nitrogens is 2. The average molecular weight is 659 g/mol. The minimum atomic E-state index is -4.07. The van der Waals surface area contributed by atoms with Gasteiger partial charge in [0.1, 0.15) is 22.9 Å². The normalized spacial score (nSPS) is 13.1. The number of carbonyl (C=O) groups excluding carboxylic acids is 1. The molecule has 3 heterocycles. The summed E-state index contributed by atoms with van der Waals surface area (Å²) in [7, 11) is -1.07. The Hall–Kier alpha value is -5.03. The number of hydrogen-bond donors (Lipinski definition) is 3. The first-order valence-corrected chi connectivity index (χ1v) is 16.6. The number of furan rings is 1. The van der Waals surface area contributed by atoms with E-state index >= 15 is 0 Å². The van der Waals surface area contributed by atoms with Crippen LogP contribution >= 0.6 is 7.52 Å². The van der Waals surface area contributed by atoms with Gasteiger partial charge in [0.25, 0.3) is 13.4 Å². The highest BCUT2D eigenvalue weighted by Crippen LogP contribution is 2.51. The summed E-state index contributed by atoms with van der Waals surface area (Å²) in [5.41, 5.74) is 2.10. The first kappa shape index (κ1) is 31.9. The topological polar surface area (TPSA) is 151 Å². The number of fused-ring (bicyclic) bond motifs is 2. The van der Waals surface area contributed by atoms with Gasteiger partial charge in [-0.3, -0.25) is 14.0 Å². The monoisotopic (exact) mass is 658 g/mol. The second kappa shape index (κ2) is 12.0. The summed E-state index contributed by atoms with van der Waals surface area (Å²) < 4.78 is 46.4. The van der Waals surface area contributed by atoms with Crippen molar-refractivity contribution < 1.29 is 37.3 Å². The third-order valence-corrected chi connectivity index (χ3v) is 8.79. The molecule has 0 aliphatic heterocycles. The molecule has 1 unspecified atom stereocenters. The van der Waals surface area contributed by atoms with Gasteiger partial charge in [-0.2, -0.15) is 4.98 Å². The van der Waals surface area contributed by atoms with Crippen molar-refractivity contribution in [2.24, 2.45) is 0 Å². The van der Waals surface area contributed by atoms with Crippen molar-refractivity contribution in [3.05, 3.63) is 84.3 Å². The number of anilines is 1. The summed E-state index contributed by atoms with van der Waals surface area (Å²) in [5, 5.41) is 13.9. The van der Waals surface area contributed by atoms with E-state index in [9.17, 15) is 23.7 Å². The van der Waals surface area contributed by atoms with Crippen LogP contribution in [0, 0.1) is 5.82 Å². The molecule has 0 radical (unpaired) electrons. The van der Waals surface area contributed by atoms with Gasteiger partial charge in [0, 0.05) is 42.5 Å². The SMILES string of the molecule is CNC(=O)c1c(-c2ccc(F)cc2)oc2cc(N(CC(C)(C)O)P(C)(=O)O)c(-c3ccc(OC)c(-c4nc5ncccc5o4)c3)cc12. The molecule has 0 saturated heterocycles. The van der Waals surface area contributed by atoms with Gasteiger partial charge in [-0.25, -0.2) is 9.37 Å². The molecule has 13 heteroatoms. The highest BCUT2D eigenvalue weighted by Gasteiger charge is 2.33. The number of benzene rings is 3. The van der Waals surface area contributed by atoms with Crippen molar-refractivity contribution >= 4 is 41.3 Å². The fraction of sp³-hybridized carbons (Fsp3) is 0.206. The van der Waals surface area contributed by atoms with Crippen molar-refractivity contribution in [2.75, 3.05) is 32.0 Å². The molecular weight excluding hydrogens is 626 g/mol. The number of aliphatic hydroxyl groups is 1. The molecular formula is C34H32FN4O7P. The number of nitrogens with one attached hydrogen (secondary N) is 1. The van der Waals surface area contributed by atoms with E-state index in [1.165, 1.54) is 63.6 Å². The van der Waals surface area contributed by atoms with E-state index in [4.69, 9.17) is 13.6 Å². The van der Waals surface area contributed by atoms with Crippen LogP contribution in [0.1, 0.15) is 24.2 Å². The number of methoxy groups -OCH3 is 1. The molecule has 0 fully saturated rings. The highest BCUT2D eigenvalue weighted by atomic mass is 31.2. The van der Waals surface area contributed by atoms with Crippen molar-refractivity contribution in [1.29, 1.82) is 0 Å². The van der Waals surface area contributed by atoms with Crippen LogP contribution in [0.2, 0.25) is 0 Å². The van der Waals surface area contributed by atoms with Crippen LogP contribution in [0.15, 0.2) is 81.8 Å². The van der Waals surface area contributed by atoms with Crippen LogP contribution in [0.4, 0.5) is 10.1 Å². The van der Waals surface area contributed by atoms with E-state index in [0.29, 0.717) is 44.6 Å². The molecule has 6 aromatic rings. The van der Waals surface area contributed by atoms with Crippen LogP contribution < -0.4 is 14.7 Å². The van der Waals surface area contributed by atoms with Crippen LogP contribution in [0.25, 0.3) is 56.1 Å². The summed E-state index contributed by atoms with van der Waals surface area (Å²) in [4.78, 5) is 33.2. The second-order valence-corrected chi connectivity index (χ2v) is 13.9. The molecule has 11 nitrogen and oxygen atoms in total. The van der Waals surface area contributed by atoms with Crippen molar-refractivity contribution in [3.63, 3.8) is 0 Å². The first-order valence-electron chi connectivity index (χ1n) is 14.6. The lowest BCUT2D eigenvalue weighted by atomic mass is 9.96. The zero-order chi connectivity index (χ0) is 33.7. The van der Waals surface area contributed by atoms with Gasteiger partial charge < -0.3 is 28.9 Å². The lowest BCUT2D eigenvalue weighted by molar-refractivity contribution is 0.0902. The van der Waals surface area contributed by atoms with Gasteiger partial charge in [0.15, 0.2) is 11.2 Å². The molecule has 0 aliphatic rings. The van der Waals surface area contributed by atoms with Crippen LogP contribution in [0.3, 0.4) is 0 Å². The zero-order valence-corrected chi connectivity index (χ0v) is 27.1.